The lowest BCUT2D eigenvalue weighted by Gasteiger charge is -2.06. The molecule has 1 aromatic carbocycles. The molecule has 2 aliphatic rings. The summed E-state index contributed by atoms with van der Waals surface area (Å²) in [6, 6.07) is 4.12. The number of alkyl halides is 2. The van der Waals surface area contributed by atoms with E-state index in [1.54, 1.807) is 4.57 Å². The van der Waals surface area contributed by atoms with Gasteiger partial charge in [0.25, 0.3) is 0 Å². The van der Waals surface area contributed by atoms with Crippen LogP contribution in [-0.4, -0.2) is 32.7 Å². The van der Waals surface area contributed by atoms with Crippen molar-refractivity contribution in [3.8, 4) is 11.5 Å². The summed E-state index contributed by atoms with van der Waals surface area (Å²) < 4.78 is 36.1. The van der Waals surface area contributed by atoms with Crippen LogP contribution in [0.25, 0.3) is 0 Å². The number of hydrogen-bond acceptors (Lipinski definition) is 6. The normalized spacial score (nSPS) is 17.5. The fourth-order valence-electron chi connectivity index (χ4n) is 2.40. The monoisotopic (exact) mass is 370 g/mol. The van der Waals surface area contributed by atoms with Crippen molar-refractivity contribution in [2.45, 2.75) is 30.3 Å². The van der Waals surface area contributed by atoms with Gasteiger partial charge in [-0.05, 0) is 25.0 Å². The van der Waals surface area contributed by atoms with Crippen LogP contribution in [0.4, 0.5) is 14.5 Å². The number of H-pyrrole nitrogens is 1. The molecule has 132 valence electrons. The average Bonchev–Trinajstić information content (AvgIpc) is 3.23. The van der Waals surface area contributed by atoms with Crippen LogP contribution in [0.1, 0.15) is 18.9 Å². The number of rotatable bonds is 5. The molecule has 4 rings (SSSR count). The first-order valence-electron chi connectivity index (χ1n) is 7.41. The number of thioether (sulfide) groups is 1. The molecule has 25 heavy (non-hydrogen) atoms. The summed E-state index contributed by atoms with van der Waals surface area (Å²) >= 11 is 1.12. The molecule has 1 aliphatic carbocycles. The van der Waals surface area contributed by atoms with Gasteiger partial charge in [-0.3, -0.25) is 9.36 Å². The van der Waals surface area contributed by atoms with Crippen molar-refractivity contribution in [3.05, 3.63) is 28.7 Å². The zero-order chi connectivity index (χ0) is 17.6. The molecule has 1 amide bonds. The van der Waals surface area contributed by atoms with E-state index in [0.29, 0.717) is 10.8 Å². The number of aromatic nitrogens is 3. The summed E-state index contributed by atoms with van der Waals surface area (Å²) in [5, 5.41) is 9.31. The van der Waals surface area contributed by atoms with Gasteiger partial charge in [0.2, 0.25) is 5.91 Å². The molecule has 0 bridgehead atoms. The van der Waals surface area contributed by atoms with Crippen molar-refractivity contribution >= 4 is 23.4 Å². The van der Waals surface area contributed by atoms with Crippen LogP contribution in [0, 0.1) is 0 Å². The Morgan fingerprint density at radius 3 is 2.92 bits per heavy atom. The predicted molar refractivity (Wildman–Crippen MR) is 83.1 cm³/mol. The third-order valence-electron chi connectivity index (χ3n) is 3.60. The molecular weight excluding hydrogens is 358 g/mol. The van der Waals surface area contributed by atoms with Gasteiger partial charge in [0.1, 0.15) is 0 Å². The van der Waals surface area contributed by atoms with Gasteiger partial charge in [-0.2, -0.15) is 0 Å². The van der Waals surface area contributed by atoms with E-state index in [1.165, 1.54) is 18.2 Å². The molecule has 0 radical (unpaired) electrons. The molecule has 2 heterocycles. The standard InChI is InChI=1S/C14H12F2N4O4S/c15-14(16)23-9-4-1-7(5-10(9)24-14)17-11(21)6-25-13-19-18-12(22)20(13)8-2-3-8/h1,4-5,8H,2-3,6H2,(H,17,21)(H,18,22). The van der Waals surface area contributed by atoms with Gasteiger partial charge in [-0.15, -0.1) is 13.9 Å². The number of amides is 1. The summed E-state index contributed by atoms with van der Waals surface area (Å²) in [5.41, 5.74) is 0.00867. The Morgan fingerprint density at radius 2 is 2.16 bits per heavy atom. The van der Waals surface area contributed by atoms with Crippen molar-refractivity contribution in [2.75, 3.05) is 11.1 Å². The van der Waals surface area contributed by atoms with Crippen LogP contribution in [-0.2, 0) is 4.79 Å². The summed E-state index contributed by atoms with van der Waals surface area (Å²) in [6.07, 6.45) is -1.87. The number of nitrogens with one attached hydrogen (secondary N) is 2. The number of nitrogens with zero attached hydrogens (tertiary/aromatic N) is 2. The molecule has 1 saturated carbocycles. The van der Waals surface area contributed by atoms with Crippen molar-refractivity contribution in [1.82, 2.24) is 14.8 Å². The molecule has 11 heteroatoms. The SMILES string of the molecule is O=C(CSc1n[nH]c(=O)n1C1CC1)Nc1ccc2c(c1)OC(F)(F)O2. The highest BCUT2D eigenvalue weighted by Crippen LogP contribution is 2.42. The predicted octanol–water partition coefficient (Wildman–Crippen LogP) is 1.96. The van der Waals surface area contributed by atoms with E-state index in [9.17, 15) is 18.4 Å². The number of anilines is 1. The van der Waals surface area contributed by atoms with Crippen LogP contribution in [0.2, 0.25) is 0 Å². The van der Waals surface area contributed by atoms with Gasteiger partial charge < -0.3 is 14.8 Å². The van der Waals surface area contributed by atoms with E-state index in [4.69, 9.17) is 0 Å². The zero-order valence-electron chi connectivity index (χ0n) is 12.6. The van der Waals surface area contributed by atoms with Gasteiger partial charge >= 0.3 is 12.0 Å². The third kappa shape index (κ3) is 3.31. The van der Waals surface area contributed by atoms with Crippen molar-refractivity contribution in [3.63, 3.8) is 0 Å². The lowest BCUT2D eigenvalue weighted by molar-refractivity contribution is -0.286. The highest BCUT2D eigenvalue weighted by molar-refractivity contribution is 7.99. The second kappa shape index (κ2) is 5.76. The number of ether oxygens (including phenoxy) is 2. The quantitative estimate of drug-likeness (QED) is 0.781. The summed E-state index contributed by atoms with van der Waals surface area (Å²) in [5.74, 6) is -0.595. The molecule has 2 aromatic rings. The first-order chi connectivity index (χ1) is 11.9. The largest absolute Gasteiger partial charge is 0.586 e. The van der Waals surface area contributed by atoms with Crippen molar-refractivity contribution in [1.29, 1.82) is 0 Å². The van der Waals surface area contributed by atoms with Crippen LogP contribution >= 0.6 is 11.8 Å². The van der Waals surface area contributed by atoms with Crippen LogP contribution in [0.15, 0.2) is 28.2 Å². The Balaban J connectivity index is 1.38. The number of aromatic amines is 1. The van der Waals surface area contributed by atoms with Gasteiger partial charge in [0, 0.05) is 17.8 Å². The molecular formula is C14H12F2N4O4S. The molecule has 1 aliphatic heterocycles. The van der Waals surface area contributed by atoms with E-state index in [1.807, 2.05) is 0 Å². The summed E-state index contributed by atoms with van der Waals surface area (Å²) in [7, 11) is 0. The Hall–Kier alpha value is -2.56. The van der Waals surface area contributed by atoms with Gasteiger partial charge in [-0.25, -0.2) is 9.89 Å². The van der Waals surface area contributed by atoms with Crippen molar-refractivity contribution < 1.29 is 23.0 Å². The minimum Gasteiger partial charge on any atom is -0.395 e. The maximum absolute atomic E-state index is 13.0. The third-order valence-corrected chi connectivity index (χ3v) is 4.55. The average molecular weight is 370 g/mol. The number of benzene rings is 1. The lowest BCUT2D eigenvalue weighted by atomic mass is 10.3. The minimum absolute atomic E-state index is 0.0155. The number of fused-ring (bicyclic) bond motifs is 1. The Morgan fingerprint density at radius 1 is 1.40 bits per heavy atom. The maximum Gasteiger partial charge on any atom is 0.586 e. The van der Waals surface area contributed by atoms with Gasteiger partial charge in [0.15, 0.2) is 16.7 Å². The first kappa shape index (κ1) is 15.9. The van der Waals surface area contributed by atoms with Gasteiger partial charge in [-0.1, -0.05) is 11.8 Å². The highest BCUT2D eigenvalue weighted by Gasteiger charge is 2.43. The molecule has 1 fully saturated rings. The fourth-order valence-corrected chi connectivity index (χ4v) is 3.21. The lowest BCUT2D eigenvalue weighted by Crippen LogP contribution is -2.25. The molecule has 1 aromatic heterocycles. The van der Waals surface area contributed by atoms with E-state index in [-0.39, 0.29) is 34.9 Å². The molecule has 8 nitrogen and oxygen atoms in total. The van der Waals surface area contributed by atoms with Crippen LogP contribution in [0.3, 0.4) is 0 Å². The molecule has 0 saturated heterocycles. The maximum atomic E-state index is 13.0. The Bertz CT molecular complexity index is 893. The minimum atomic E-state index is -3.70. The zero-order valence-corrected chi connectivity index (χ0v) is 13.4. The highest BCUT2D eigenvalue weighted by atomic mass is 32.2. The smallest absolute Gasteiger partial charge is 0.395 e. The fraction of sp³-hybridized carbons (Fsp3) is 0.357. The molecule has 0 unspecified atom stereocenters. The summed E-state index contributed by atoms with van der Waals surface area (Å²) in [6.45, 7) is 0. The number of carbonyl (C=O) groups excluding carboxylic acids is 1. The van der Waals surface area contributed by atoms with Crippen LogP contribution in [0.5, 0.6) is 11.5 Å². The molecule has 0 spiro atoms. The first-order valence-corrected chi connectivity index (χ1v) is 8.39. The van der Waals surface area contributed by atoms with E-state index < -0.39 is 6.29 Å². The number of hydrogen-bond donors (Lipinski definition) is 2. The van der Waals surface area contributed by atoms with E-state index in [2.05, 4.69) is 25.0 Å². The van der Waals surface area contributed by atoms with Crippen LogP contribution < -0.4 is 20.5 Å². The van der Waals surface area contributed by atoms with Crippen molar-refractivity contribution in [2.24, 2.45) is 0 Å². The topological polar surface area (TPSA) is 98.2 Å². The Labute approximate surface area is 143 Å². The second-order valence-electron chi connectivity index (χ2n) is 5.58. The molecule has 2 N–H and O–H groups in total. The number of carbonyl (C=O) groups is 1. The Kier molecular flexibility index (Phi) is 3.67. The summed E-state index contributed by atoms with van der Waals surface area (Å²) in [4.78, 5) is 23.7. The second-order valence-corrected chi connectivity index (χ2v) is 6.52. The van der Waals surface area contributed by atoms with E-state index in [0.717, 1.165) is 24.6 Å². The van der Waals surface area contributed by atoms with Gasteiger partial charge in [0.05, 0.1) is 5.75 Å². The van der Waals surface area contributed by atoms with E-state index >= 15 is 0 Å². The molecule has 0 atom stereocenters. The number of halogens is 2.